The Hall–Kier alpha value is -0.760. The van der Waals surface area contributed by atoms with E-state index < -0.39 is 118 Å². The van der Waals surface area contributed by atoms with Crippen molar-refractivity contribution in [3.8, 4) is 0 Å². The highest BCUT2D eigenvalue weighted by atomic mass is 16.8. The monoisotopic (exact) mass is 662 g/mol. The summed E-state index contributed by atoms with van der Waals surface area (Å²) in [6, 6.07) is 0. The third-order valence-corrected chi connectivity index (χ3v) is 8.33. The number of nitrogens with zero attached hydrogens (tertiary/aromatic N) is 1. The first-order valence-corrected chi connectivity index (χ1v) is 14.8. The van der Waals surface area contributed by atoms with Crippen LogP contribution in [0.2, 0.25) is 0 Å². The zero-order valence-corrected chi connectivity index (χ0v) is 25.0. The first-order valence-electron chi connectivity index (χ1n) is 14.8. The van der Waals surface area contributed by atoms with Crippen molar-refractivity contribution in [1.82, 2.24) is 0 Å². The molecule has 17 unspecified atom stereocenters. The van der Waals surface area contributed by atoms with Gasteiger partial charge in [0, 0.05) is 0 Å². The first kappa shape index (κ1) is 37.1. The van der Waals surface area contributed by atoms with Gasteiger partial charge in [-0.15, -0.1) is 0 Å². The van der Waals surface area contributed by atoms with Gasteiger partial charge >= 0.3 is 0 Å². The van der Waals surface area contributed by atoms with Crippen LogP contribution in [0.1, 0.15) is 0 Å². The average molecular weight is 663 g/mol. The largest absolute Gasteiger partial charge is 0.394 e. The van der Waals surface area contributed by atoms with E-state index in [0.717, 1.165) is 0 Å². The summed E-state index contributed by atoms with van der Waals surface area (Å²) in [5, 5.41) is 115. The smallest absolute Gasteiger partial charge is 0.187 e. The Morgan fingerprint density at radius 3 is 1.80 bits per heavy atom. The molecular formula is C26H48NO18+. The van der Waals surface area contributed by atoms with Crippen molar-refractivity contribution < 1.29 is 93.8 Å². The average Bonchev–Trinajstić information content (AvgIpc) is 2.97. The summed E-state index contributed by atoms with van der Waals surface area (Å²) in [6.45, 7) is -1.64. The van der Waals surface area contributed by atoms with Crippen LogP contribution in [0.4, 0.5) is 0 Å². The summed E-state index contributed by atoms with van der Waals surface area (Å²) in [6.07, 6.45) is -27.0. The molecule has 4 rings (SSSR count). The molecule has 0 radical (unpaired) electrons. The van der Waals surface area contributed by atoms with E-state index >= 15 is 0 Å². The van der Waals surface area contributed by atoms with Gasteiger partial charge in [0.25, 0.3) is 0 Å². The van der Waals surface area contributed by atoms with Crippen LogP contribution in [0.3, 0.4) is 0 Å². The summed E-state index contributed by atoms with van der Waals surface area (Å²) in [7, 11) is 3.53. The molecule has 0 saturated carbocycles. The summed E-state index contributed by atoms with van der Waals surface area (Å²) < 4.78 is 39.6. The van der Waals surface area contributed by atoms with Gasteiger partial charge in [-0.3, -0.25) is 0 Å². The molecular weight excluding hydrogens is 614 g/mol. The van der Waals surface area contributed by atoms with Crippen LogP contribution < -0.4 is 0 Å². The normalized spacial score (nSPS) is 50.7. The molecule has 0 aromatic heterocycles. The number of likely N-dealkylation sites (N-methyl/N-ethyl adjacent to an activating group) is 1. The Bertz CT molecular complexity index is 917. The SMILES string of the molecule is C[N+]1(C)CC(O)COCC2OC(O)C(O)C(O)C2OC2OC(COCC(O)C1)C(OC1OC(CO)C(O)C(O)C1O)C(O)C2O. The lowest BCUT2D eigenvalue weighted by atomic mass is 9.96. The van der Waals surface area contributed by atoms with E-state index in [1.807, 2.05) is 0 Å². The summed E-state index contributed by atoms with van der Waals surface area (Å²) in [5.74, 6) is 0. The van der Waals surface area contributed by atoms with E-state index in [9.17, 15) is 56.2 Å². The lowest BCUT2D eigenvalue weighted by molar-refractivity contribution is -0.896. The number of hydrogen-bond donors (Lipinski definition) is 11. The molecule has 11 N–H and O–H groups in total. The number of fused-ring (bicyclic) bond motifs is 3. The lowest BCUT2D eigenvalue weighted by Gasteiger charge is -2.48. The van der Waals surface area contributed by atoms with Crippen molar-refractivity contribution in [2.24, 2.45) is 0 Å². The molecule has 0 aromatic rings. The minimum Gasteiger partial charge on any atom is -0.394 e. The topological polar surface area (TPSA) is 287 Å². The Kier molecular flexibility index (Phi) is 12.9. The van der Waals surface area contributed by atoms with Crippen molar-refractivity contribution in [3.63, 3.8) is 0 Å². The molecule has 4 heterocycles. The summed E-state index contributed by atoms with van der Waals surface area (Å²) in [5.41, 5.74) is 0. The van der Waals surface area contributed by atoms with E-state index in [-0.39, 0.29) is 37.4 Å². The number of ether oxygens (including phenoxy) is 7. The maximum absolute atomic E-state index is 11.2. The first-order chi connectivity index (χ1) is 21.1. The van der Waals surface area contributed by atoms with Gasteiger partial charge < -0.3 is 93.8 Å². The van der Waals surface area contributed by atoms with E-state index in [0.29, 0.717) is 0 Å². The Morgan fingerprint density at radius 1 is 0.600 bits per heavy atom. The molecule has 4 saturated heterocycles. The van der Waals surface area contributed by atoms with Gasteiger partial charge in [0.1, 0.15) is 98.5 Å². The van der Waals surface area contributed by atoms with Crippen LogP contribution in [-0.4, -0.2) is 225 Å². The Balaban J connectivity index is 1.60. The van der Waals surface area contributed by atoms with E-state index in [4.69, 9.17) is 33.2 Å². The maximum Gasteiger partial charge on any atom is 0.187 e. The fourth-order valence-corrected chi connectivity index (χ4v) is 5.99. The fraction of sp³-hybridized carbons (Fsp3) is 1.00. The molecule has 0 amide bonds. The van der Waals surface area contributed by atoms with Crippen LogP contribution in [0.5, 0.6) is 0 Å². The second-order valence-corrected chi connectivity index (χ2v) is 12.7. The third kappa shape index (κ3) is 8.83. The zero-order valence-electron chi connectivity index (χ0n) is 25.0. The predicted octanol–water partition coefficient (Wildman–Crippen LogP) is -7.71. The number of aliphatic hydroxyl groups is 11. The van der Waals surface area contributed by atoms with Crippen LogP contribution in [0.15, 0.2) is 0 Å². The molecule has 4 fully saturated rings. The van der Waals surface area contributed by atoms with E-state index in [1.165, 1.54) is 0 Å². The van der Waals surface area contributed by atoms with Gasteiger partial charge in [-0.1, -0.05) is 0 Å². The van der Waals surface area contributed by atoms with Crippen molar-refractivity contribution in [1.29, 1.82) is 0 Å². The van der Waals surface area contributed by atoms with Gasteiger partial charge in [0.15, 0.2) is 18.9 Å². The molecule has 19 nitrogen and oxygen atoms in total. The van der Waals surface area contributed by atoms with Gasteiger partial charge in [-0.2, -0.15) is 0 Å². The van der Waals surface area contributed by atoms with Crippen LogP contribution in [0.25, 0.3) is 0 Å². The second-order valence-electron chi connectivity index (χ2n) is 12.7. The van der Waals surface area contributed by atoms with Gasteiger partial charge in [0.05, 0.1) is 47.1 Å². The third-order valence-electron chi connectivity index (χ3n) is 8.33. The number of aliphatic hydroxyl groups excluding tert-OH is 11. The van der Waals surface area contributed by atoms with Gasteiger partial charge in [-0.05, 0) is 0 Å². The van der Waals surface area contributed by atoms with E-state index in [1.54, 1.807) is 14.1 Å². The highest BCUT2D eigenvalue weighted by Gasteiger charge is 2.53. The Labute approximate surface area is 258 Å². The molecule has 264 valence electrons. The van der Waals surface area contributed by atoms with Gasteiger partial charge in [0.2, 0.25) is 0 Å². The molecule has 0 aromatic carbocycles. The molecule has 2 bridgehead atoms. The molecule has 17 atom stereocenters. The van der Waals surface area contributed by atoms with Gasteiger partial charge in [-0.25, -0.2) is 0 Å². The molecule has 0 aliphatic carbocycles. The molecule has 4 aliphatic rings. The summed E-state index contributed by atoms with van der Waals surface area (Å²) in [4.78, 5) is 0. The van der Waals surface area contributed by atoms with Crippen LogP contribution in [0, 0.1) is 0 Å². The van der Waals surface area contributed by atoms with Crippen LogP contribution in [-0.2, 0) is 33.2 Å². The summed E-state index contributed by atoms with van der Waals surface area (Å²) >= 11 is 0. The predicted molar refractivity (Wildman–Crippen MR) is 143 cm³/mol. The van der Waals surface area contributed by atoms with Crippen LogP contribution >= 0.6 is 0 Å². The van der Waals surface area contributed by atoms with Crippen molar-refractivity contribution >= 4 is 0 Å². The number of rotatable bonds is 3. The molecule has 45 heavy (non-hydrogen) atoms. The number of hydrogen-bond acceptors (Lipinski definition) is 18. The number of quaternary nitrogens is 1. The quantitative estimate of drug-likeness (QED) is 0.125. The van der Waals surface area contributed by atoms with Crippen molar-refractivity contribution in [2.75, 3.05) is 60.2 Å². The molecule has 0 spiro atoms. The highest BCUT2D eigenvalue weighted by Crippen LogP contribution is 2.32. The molecule has 4 aliphatic heterocycles. The standard InChI is InChI=1S/C26H48NO18/c1-27(2)3-10(29)6-39-8-13-22(17(33)19(35)24(38)41-13)44-26-21(37)18(34)23(14(43-26)9-40-7-11(30)4-27)45-25-20(36)16(32)15(31)12(5-28)42-25/h10-26,28-38H,3-9H2,1-2H3/q+1. The molecule has 19 heteroatoms. The van der Waals surface area contributed by atoms with E-state index in [2.05, 4.69) is 0 Å². The lowest BCUT2D eigenvalue weighted by Crippen LogP contribution is -2.66. The Morgan fingerprint density at radius 2 is 1.20 bits per heavy atom. The maximum atomic E-state index is 11.2. The fourth-order valence-electron chi connectivity index (χ4n) is 5.99. The minimum atomic E-state index is -1.92. The highest BCUT2D eigenvalue weighted by molar-refractivity contribution is 4.96. The second kappa shape index (κ2) is 15.6. The zero-order chi connectivity index (χ0) is 33.2. The minimum absolute atomic E-state index is 0.143. The van der Waals surface area contributed by atoms with Crippen molar-refractivity contribution in [2.45, 2.75) is 104 Å². The van der Waals surface area contributed by atoms with Crippen molar-refractivity contribution in [3.05, 3.63) is 0 Å².